The van der Waals surface area contributed by atoms with E-state index in [1.54, 1.807) is 0 Å². The minimum Gasteiger partial charge on any atom is -0.359 e. The van der Waals surface area contributed by atoms with Crippen LogP contribution in [0.1, 0.15) is 31.2 Å². The van der Waals surface area contributed by atoms with Crippen molar-refractivity contribution in [2.45, 2.75) is 25.3 Å². The number of hydrogen-bond donors (Lipinski definition) is 2. The first-order chi connectivity index (χ1) is 7.93. The van der Waals surface area contributed by atoms with Crippen LogP contribution in [0.3, 0.4) is 0 Å². The standard InChI is InChI=1S/C11H14N4O/c1-2-6-13-9(4-1)11-14-10(15-16-11)8-5-3-7-12-8/h3,5,7,9,12-13H,1-2,4,6H2/t9-/m1/s1. The van der Waals surface area contributed by atoms with Gasteiger partial charge in [0, 0.05) is 6.20 Å². The van der Waals surface area contributed by atoms with Gasteiger partial charge in [0.2, 0.25) is 11.7 Å². The van der Waals surface area contributed by atoms with Gasteiger partial charge < -0.3 is 14.8 Å². The molecule has 0 amide bonds. The average Bonchev–Trinajstić information content (AvgIpc) is 3.01. The maximum Gasteiger partial charge on any atom is 0.244 e. The van der Waals surface area contributed by atoms with Crippen LogP contribution in [0.5, 0.6) is 0 Å². The average molecular weight is 218 g/mol. The van der Waals surface area contributed by atoms with Crippen molar-refractivity contribution in [2.24, 2.45) is 0 Å². The lowest BCUT2D eigenvalue weighted by atomic mass is 10.1. The van der Waals surface area contributed by atoms with Gasteiger partial charge in [-0.2, -0.15) is 4.98 Å². The second kappa shape index (κ2) is 4.09. The molecule has 0 aliphatic carbocycles. The minimum absolute atomic E-state index is 0.227. The molecule has 2 aromatic heterocycles. The first kappa shape index (κ1) is 9.59. The number of aromatic amines is 1. The monoisotopic (exact) mass is 218 g/mol. The highest BCUT2D eigenvalue weighted by atomic mass is 16.5. The van der Waals surface area contributed by atoms with E-state index in [9.17, 15) is 0 Å². The quantitative estimate of drug-likeness (QED) is 0.807. The second-order valence-electron chi connectivity index (χ2n) is 4.04. The number of nitrogens with one attached hydrogen (secondary N) is 2. The van der Waals surface area contributed by atoms with E-state index in [0.29, 0.717) is 11.7 Å². The third-order valence-electron chi connectivity index (χ3n) is 2.89. The number of H-pyrrole nitrogens is 1. The largest absolute Gasteiger partial charge is 0.359 e. The van der Waals surface area contributed by atoms with E-state index in [4.69, 9.17) is 4.52 Å². The van der Waals surface area contributed by atoms with Crippen molar-refractivity contribution < 1.29 is 4.52 Å². The lowest BCUT2D eigenvalue weighted by Crippen LogP contribution is -2.26. The Balaban J connectivity index is 1.82. The maximum atomic E-state index is 5.28. The van der Waals surface area contributed by atoms with Gasteiger partial charge in [0.05, 0.1) is 11.7 Å². The predicted molar refractivity (Wildman–Crippen MR) is 58.7 cm³/mol. The summed E-state index contributed by atoms with van der Waals surface area (Å²) in [5.41, 5.74) is 0.894. The highest BCUT2D eigenvalue weighted by Crippen LogP contribution is 2.23. The highest BCUT2D eigenvalue weighted by molar-refractivity contribution is 5.47. The third kappa shape index (κ3) is 1.74. The number of rotatable bonds is 2. The molecule has 1 aliphatic heterocycles. The van der Waals surface area contributed by atoms with Gasteiger partial charge in [-0.1, -0.05) is 11.6 Å². The van der Waals surface area contributed by atoms with E-state index >= 15 is 0 Å². The molecular weight excluding hydrogens is 204 g/mol. The van der Waals surface area contributed by atoms with Gasteiger partial charge in [-0.15, -0.1) is 0 Å². The number of piperidine rings is 1. The molecule has 0 spiro atoms. The topological polar surface area (TPSA) is 66.7 Å². The van der Waals surface area contributed by atoms with Crippen LogP contribution in [-0.4, -0.2) is 21.7 Å². The SMILES string of the molecule is c1c[nH]c(-c2noc([C@H]3CCCCN3)n2)c1. The van der Waals surface area contributed by atoms with Crippen LogP contribution in [0.4, 0.5) is 0 Å². The smallest absolute Gasteiger partial charge is 0.244 e. The van der Waals surface area contributed by atoms with E-state index in [0.717, 1.165) is 18.7 Å². The molecule has 1 aliphatic rings. The van der Waals surface area contributed by atoms with E-state index in [-0.39, 0.29) is 6.04 Å². The zero-order valence-electron chi connectivity index (χ0n) is 8.94. The summed E-state index contributed by atoms with van der Waals surface area (Å²) in [7, 11) is 0. The highest BCUT2D eigenvalue weighted by Gasteiger charge is 2.21. The Labute approximate surface area is 93.3 Å². The van der Waals surface area contributed by atoms with Crippen molar-refractivity contribution in [1.29, 1.82) is 0 Å². The van der Waals surface area contributed by atoms with Crippen LogP contribution in [0.2, 0.25) is 0 Å². The van der Waals surface area contributed by atoms with Crippen molar-refractivity contribution in [1.82, 2.24) is 20.4 Å². The predicted octanol–water partition coefficient (Wildman–Crippen LogP) is 1.88. The molecule has 0 radical (unpaired) electrons. The molecule has 3 rings (SSSR count). The zero-order chi connectivity index (χ0) is 10.8. The molecule has 5 heteroatoms. The summed E-state index contributed by atoms with van der Waals surface area (Å²) in [5.74, 6) is 1.33. The summed E-state index contributed by atoms with van der Waals surface area (Å²) in [5, 5.41) is 7.36. The molecule has 0 unspecified atom stereocenters. The van der Waals surface area contributed by atoms with E-state index in [2.05, 4.69) is 20.4 Å². The molecule has 3 heterocycles. The Bertz CT molecular complexity index is 442. The summed E-state index contributed by atoms with van der Waals surface area (Å²) < 4.78 is 5.28. The van der Waals surface area contributed by atoms with Crippen LogP contribution in [0, 0.1) is 0 Å². The van der Waals surface area contributed by atoms with Crippen LogP contribution in [0.15, 0.2) is 22.9 Å². The normalized spacial score (nSPS) is 21.1. The molecule has 0 bridgehead atoms. The fourth-order valence-electron chi connectivity index (χ4n) is 2.02. The van der Waals surface area contributed by atoms with Gasteiger partial charge in [0.25, 0.3) is 0 Å². The van der Waals surface area contributed by atoms with Crippen LogP contribution < -0.4 is 5.32 Å². The fraction of sp³-hybridized carbons (Fsp3) is 0.455. The summed E-state index contributed by atoms with van der Waals surface area (Å²) >= 11 is 0. The summed E-state index contributed by atoms with van der Waals surface area (Å²) in [6, 6.07) is 4.08. The van der Waals surface area contributed by atoms with Gasteiger partial charge in [0.1, 0.15) is 0 Å². The van der Waals surface area contributed by atoms with Gasteiger partial charge in [0.15, 0.2) is 0 Å². The lowest BCUT2D eigenvalue weighted by Gasteiger charge is -2.19. The zero-order valence-corrected chi connectivity index (χ0v) is 8.94. The minimum atomic E-state index is 0.227. The van der Waals surface area contributed by atoms with E-state index in [1.807, 2.05) is 18.3 Å². The lowest BCUT2D eigenvalue weighted by molar-refractivity contribution is 0.297. The Hall–Kier alpha value is -1.62. The van der Waals surface area contributed by atoms with Crippen molar-refractivity contribution in [3.8, 4) is 11.5 Å². The van der Waals surface area contributed by atoms with Crippen molar-refractivity contribution in [2.75, 3.05) is 6.54 Å². The summed E-state index contributed by atoms with van der Waals surface area (Å²) in [6.45, 7) is 1.03. The molecule has 84 valence electrons. The Morgan fingerprint density at radius 1 is 1.38 bits per heavy atom. The number of aromatic nitrogens is 3. The number of nitrogens with zero attached hydrogens (tertiary/aromatic N) is 2. The molecule has 1 saturated heterocycles. The van der Waals surface area contributed by atoms with Crippen molar-refractivity contribution in [3.63, 3.8) is 0 Å². The van der Waals surface area contributed by atoms with Crippen molar-refractivity contribution >= 4 is 0 Å². The van der Waals surface area contributed by atoms with E-state index < -0.39 is 0 Å². The number of hydrogen-bond acceptors (Lipinski definition) is 4. The van der Waals surface area contributed by atoms with Crippen molar-refractivity contribution in [3.05, 3.63) is 24.2 Å². The Kier molecular flexibility index (Phi) is 2.46. The van der Waals surface area contributed by atoms with Crippen LogP contribution in [0.25, 0.3) is 11.5 Å². The van der Waals surface area contributed by atoms with Gasteiger partial charge in [-0.25, -0.2) is 0 Å². The molecule has 0 saturated carbocycles. The first-order valence-electron chi connectivity index (χ1n) is 5.64. The molecule has 1 atom stereocenters. The molecule has 16 heavy (non-hydrogen) atoms. The maximum absolute atomic E-state index is 5.28. The molecule has 0 aromatic carbocycles. The van der Waals surface area contributed by atoms with Gasteiger partial charge in [-0.3, -0.25) is 0 Å². The Morgan fingerprint density at radius 2 is 2.38 bits per heavy atom. The first-order valence-corrected chi connectivity index (χ1v) is 5.64. The molecule has 1 fully saturated rings. The van der Waals surface area contributed by atoms with Gasteiger partial charge >= 0.3 is 0 Å². The third-order valence-corrected chi connectivity index (χ3v) is 2.89. The molecule has 5 nitrogen and oxygen atoms in total. The molecule has 2 N–H and O–H groups in total. The molecule has 2 aromatic rings. The Morgan fingerprint density at radius 3 is 3.12 bits per heavy atom. The second-order valence-corrected chi connectivity index (χ2v) is 4.04. The van der Waals surface area contributed by atoms with Crippen LogP contribution >= 0.6 is 0 Å². The fourth-order valence-corrected chi connectivity index (χ4v) is 2.02. The van der Waals surface area contributed by atoms with Gasteiger partial charge in [-0.05, 0) is 31.5 Å². The molecular formula is C11H14N4O. The van der Waals surface area contributed by atoms with E-state index in [1.165, 1.54) is 12.8 Å². The summed E-state index contributed by atoms with van der Waals surface area (Å²) in [4.78, 5) is 7.47. The summed E-state index contributed by atoms with van der Waals surface area (Å²) in [6.07, 6.45) is 5.38. The van der Waals surface area contributed by atoms with Crippen LogP contribution in [-0.2, 0) is 0 Å².